The fourth-order valence-electron chi connectivity index (χ4n) is 2.12. The lowest BCUT2D eigenvalue weighted by molar-refractivity contribution is -0.151. The highest BCUT2D eigenvalue weighted by Gasteiger charge is 2.34. The minimum absolute atomic E-state index is 0.175. The third kappa shape index (κ3) is 3.02. The molecule has 0 saturated carbocycles. The predicted molar refractivity (Wildman–Crippen MR) is 76.5 cm³/mol. The number of carbonyl (C=O) groups excluding carboxylic acids is 2. The van der Waals surface area contributed by atoms with E-state index in [-0.39, 0.29) is 12.5 Å². The molecule has 0 aliphatic carbocycles. The molecule has 0 radical (unpaired) electrons. The number of aryl methyl sites for hydroxylation is 1. The Labute approximate surface area is 126 Å². The second-order valence-corrected chi connectivity index (χ2v) is 5.43. The summed E-state index contributed by atoms with van der Waals surface area (Å²) in [4.78, 5) is 25.8. The SMILES string of the molecule is COC(=O)C1COCCN1C(=O)c1ccc(Br)c(C)c1. The highest BCUT2D eigenvalue weighted by Crippen LogP contribution is 2.20. The lowest BCUT2D eigenvalue weighted by Crippen LogP contribution is -2.53. The summed E-state index contributed by atoms with van der Waals surface area (Å²) in [5.41, 5.74) is 1.53. The first-order valence-electron chi connectivity index (χ1n) is 6.27. The van der Waals surface area contributed by atoms with Crippen LogP contribution in [-0.2, 0) is 14.3 Å². The number of morpholine rings is 1. The molecule has 5 nitrogen and oxygen atoms in total. The average molecular weight is 342 g/mol. The smallest absolute Gasteiger partial charge is 0.331 e. The maximum atomic E-state index is 12.5. The molecule has 1 fully saturated rings. The lowest BCUT2D eigenvalue weighted by atomic mass is 10.1. The summed E-state index contributed by atoms with van der Waals surface area (Å²) in [5.74, 6) is -0.633. The average Bonchev–Trinajstić information content (AvgIpc) is 2.48. The molecular weight excluding hydrogens is 326 g/mol. The van der Waals surface area contributed by atoms with Crippen molar-refractivity contribution in [3.05, 3.63) is 33.8 Å². The second kappa shape index (κ2) is 6.37. The Kier molecular flexibility index (Phi) is 4.77. The van der Waals surface area contributed by atoms with E-state index in [0.29, 0.717) is 18.7 Å². The van der Waals surface area contributed by atoms with Gasteiger partial charge in [0.05, 0.1) is 20.3 Å². The largest absolute Gasteiger partial charge is 0.467 e. The highest BCUT2D eigenvalue weighted by molar-refractivity contribution is 9.10. The summed E-state index contributed by atoms with van der Waals surface area (Å²) >= 11 is 3.40. The molecule has 108 valence electrons. The molecule has 0 spiro atoms. The summed E-state index contributed by atoms with van der Waals surface area (Å²) in [6, 6.07) is 4.69. The molecule has 1 amide bonds. The van der Waals surface area contributed by atoms with E-state index in [1.165, 1.54) is 12.0 Å². The van der Waals surface area contributed by atoms with E-state index in [4.69, 9.17) is 9.47 Å². The van der Waals surface area contributed by atoms with Gasteiger partial charge >= 0.3 is 5.97 Å². The van der Waals surface area contributed by atoms with Crippen LogP contribution in [0.2, 0.25) is 0 Å². The van der Waals surface area contributed by atoms with E-state index in [2.05, 4.69) is 15.9 Å². The fraction of sp³-hybridized carbons (Fsp3) is 0.429. The van der Waals surface area contributed by atoms with Crippen molar-refractivity contribution in [2.24, 2.45) is 0 Å². The van der Waals surface area contributed by atoms with Crippen LogP contribution in [-0.4, -0.2) is 49.7 Å². The van der Waals surface area contributed by atoms with Crippen molar-refractivity contribution >= 4 is 27.8 Å². The summed E-state index contributed by atoms with van der Waals surface area (Å²) in [6.45, 7) is 2.90. The number of amides is 1. The van der Waals surface area contributed by atoms with Crippen molar-refractivity contribution in [1.29, 1.82) is 0 Å². The molecule has 20 heavy (non-hydrogen) atoms. The highest BCUT2D eigenvalue weighted by atomic mass is 79.9. The normalized spacial score (nSPS) is 18.8. The molecule has 1 unspecified atom stereocenters. The van der Waals surface area contributed by atoms with E-state index in [9.17, 15) is 9.59 Å². The van der Waals surface area contributed by atoms with Crippen molar-refractivity contribution in [3.8, 4) is 0 Å². The maximum Gasteiger partial charge on any atom is 0.331 e. The number of halogens is 1. The Hall–Kier alpha value is -1.40. The van der Waals surface area contributed by atoms with Crippen LogP contribution < -0.4 is 0 Å². The van der Waals surface area contributed by atoms with Gasteiger partial charge in [0, 0.05) is 16.6 Å². The molecule has 1 aliphatic heterocycles. The lowest BCUT2D eigenvalue weighted by Gasteiger charge is -2.33. The molecule has 1 atom stereocenters. The second-order valence-electron chi connectivity index (χ2n) is 4.58. The van der Waals surface area contributed by atoms with Crippen LogP contribution in [0.4, 0.5) is 0 Å². The van der Waals surface area contributed by atoms with Gasteiger partial charge in [-0.05, 0) is 30.7 Å². The Morgan fingerprint density at radius 3 is 2.85 bits per heavy atom. The summed E-state index contributed by atoms with van der Waals surface area (Å²) in [7, 11) is 1.31. The first kappa shape index (κ1) is 15.0. The van der Waals surface area contributed by atoms with Gasteiger partial charge in [0.1, 0.15) is 0 Å². The zero-order chi connectivity index (χ0) is 14.7. The Morgan fingerprint density at radius 1 is 1.45 bits per heavy atom. The van der Waals surface area contributed by atoms with Crippen molar-refractivity contribution in [2.75, 3.05) is 26.9 Å². The monoisotopic (exact) mass is 341 g/mol. The molecule has 1 heterocycles. The van der Waals surface area contributed by atoms with Crippen LogP contribution in [0.25, 0.3) is 0 Å². The number of methoxy groups -OCH3 is 1. The molecule has 1 aliphatic rings. The van der Waals surface area contributed by atoms with E-state index < -0.39 is 12.0 Å². The van der Waals surface area contributed by atoms with Gasteiger partial charge in [-0.3, -0.25) is 4.79 Å². The van der Waals surface area contributed by atoms with Crippen LogP contribution in [0.5, 0.6) is 0 Å². The van der Waals surface area contributed by atoms with Crippen LogP contribution in [0.1, 0.15) is 15.9 Å². The van der Waals surface area contributed by atoms with Crippen molar-refractivity contribution in [2.45, 2.75) is 13.0 Å². The van der Waals surface area contributed by atoms with Gasteiger partial charge in [-0.15, -0.1) is 0 Å². The number of rotatable bonds is 2. The number of hydrogen-bond acceptors (Lipinski definition) is 4. The topological polar surface area (TPSA) is 55.8 Å². The summed E-state index contributed by atoms with van der Waals surface area (Å²) in [6.07, 6.45) is 0. The molecule has 0 bridgehead atoms. The fourth-order valence-corrected chi connectivity index (χ4v) is 2.37. The number of nitrogens with zero attached hydrogens (tertiary/aromatic N) is 1. The van der Waals surface area contributed by atoms with Gasteiger partial charge in [0.2, 0.25) is 0 Å². The quantitative estimate of drug-likeness (QED) is 0.769. The molecular formula is C14H16BrNO4. The molecule has 0 aromatic heterocycles. The molecule has 0 N–H and O–H groups in total. The number of benzene rings is 1. The minimum Gasteiger partial charge on any atom is -0.467 e. The summed E-state index contributed by atoms with van der Waals surface area (Å²) in [5, 5.41) is 0. The first-order valence-corrected chi connectivity index (χ1v) is 7.06. The van der Waals surface area contributed by atoms with Crippen LogP contribution in [0.15, 0.2) is 22.7 Å². The van der Waals surface area contributed by atoms with Crippen LogP contribution in [0.3, 0.4) is 0 Å². The van der Waals surface area contributed by atoms with Gasteiger partial charge in [-0.1, -0.05) is 15.9 Å². The third-order valence-corrected chi connectivity index (χ3v) is 4.16. The zero-order valence-electron chi connectivity index (χ0n) is 11.4. The zero-order valence-corrected chi connectivity index (χ0v) is 13.0. The number of ether oxygens (including phenoxy) is 2. The maximum absolute atomic E-state index is 12.5. The van der Waals surface area contributed by atoms with Crippen molar-refractivity contribution in [1.82, 2.24) is 4.90 Å². The minimum atomic E-state index is -0.676. The predicted octanol–water partition coefficient (Wildman–Crippen LogP) is 1.77. The van der Waals surface area contributed by atoms with E-state index in [1.807, 2.05) is 13.0 Å². The van der Waals surface area contributed by atoms with Gasteiger partial charge in [-0.2, -0.15) is 0 Å². The molecule has 1 aromatic rings. The first-order chi connectivity index (χ1) is 9.54. The van der Waals surface area contributed by atoms with Crippen LogP contribution >= 0.6 is 15.9 Å². The Balaban J connectivity index is 2.25. The van der Waals surface area contributed by atoms with E-state index in [0.717, 1.165) is 10.0 Å². The van der Waals surface area contributed by atoms with E-state index in [1.54, 1.807) is 12.1 Å². The van der Waals surface area contributed by atoms with Gasteiger partial charge in [0.15, 0.2) is 6.04 Å². The number of carbonyl (C=O) groups is 2. The van der Waals surface area contributed by atoms with Crippen molar-refractivity contribution < 1.29 is 19.1 Å². The van der Waals surface area contributed by atoms with Crippen LogP contribution in [0, 0.1) is 6.92 Å². The third-order valence-electron chi connectivity index (χ3n) is 3.27. The van der Waals surface area contributed by atoms with Gasteiger partial charge in [-0.25, -0.2) is 4.79 Å². The molecule has 6 heteroatoms. The van der Waals surface area contributed by atoms with Crippen molar-refractivity contribution in [3.63, 3.8) is 0 Å². The Morgan fingerprint density at radius 2 is 2.20 bits per heavy atom. The summed E-state index contributed by atoms with van der Waals surface area (Å²) < 4.78 is 10.9. The molecule has 1 saturated heterocycles. The molecule has 1 aromatic carbocycles. The van der Waals surface area contributed by atoms with Gasteiger partial charge < -0.3 is 14.4 Å². The number of hydrogen-bond donors (Lipinski definition) is 0. The van der Waals surface area contributed by atoms with Gasteiger partial charge in [0.25, 0.3) is 5.91 Å². The number of esters is 1. The molecule has 2 rings (SSSR count). The van der Waals surface area contributed by atoms with E-state index >= 15 is 0 Å². The Bertz CT molecular complexity index is 532. The standard InChI is InChI=1S/C14H16BrNO4/c1-9-7-10(3-4-11(9)15)13(17)16-5-6-20-8-12(16)14(18)19-2/h3-4,7,12H,5-6,8H2,1-2H3.